The van der Waals surface area contributed by atoms with Gasteiger partial charge in [-0.1, -0.05) is 0 Å². The van der Waals surface area contributed by atoms with Crippen LogP contribution in [0.15, 0.2) is 0 Å². The Hall–Kier alpha value is 0.580. The molecule has 2 heteroatoms. The van der Waals surface area contributed by atoms with Crippen LogP contribution >= 0.6 is 23.2 Å². The Morgan fingerprint density at radius 2 is 1.25 bits per heavy atom. The zero-order valence-electron chi connectivity index (χ0n) is 5.32. The van der Waals surface area contributed by atoms with Gasteiger partial charge in [-0.15, -0.1) is 23.2 Å². The molecule has 8 heavy (non-hydrogen) atoms. The molecule has 0 rings (SSSR count). The lowest BCUT2D eigenvalue weighted by atomic mass is 10.2. The first kappa shape index (κ1) is 8.58. The molecule has 0 aliphatic rings. The standard InChI is InChI=1S/C6H12Cl2/c1-5(7)3-4-6(2)8/h5-6H,3-4H2,1-2H3/t5-,6-/m0/s1. The monoisotopic (exact) mass is 154 g/mol. The van der Waals surface area contributed by atoms with Crippen LogP contribution in [0.2, 0.25) is 0 Å². The molecule has 0 aromatic heterocycles. The summed E-state index contributed by atoms with van der Waals surface area (Å²) in [6, 6.07) is 0. The third-order valence-corrected chi connectivity index (χ3v) is 1.40. The van der Waals surface area contributed by atoms with Gasteiger partial charge in [0.2, 0.25) is 0 Å². The Bertz CT molecular complexity index is 42.5. The van der Waals surface area contributed by atoms with E-state index in [9.17, 15) is 0 Å². The molecule has 0 radical (unpaired) electrons. The Labute approximate surface area is 61.2 Å². The van der Waals surface area contributed by atoms with Gasteiger partial charge in [0.15, 0.2) is 0 Å². The molecule has 0 spiro atoms. The summed E-state index contributed by atoms with van der Waals surface area (Å²) >= 11 is 11.3. The van der Waals surface area contributed by atoms with E-state index in [2.05, 4.69) is 0 Å². The van der Waals surface area contributed by atoms with E-state index in [0.717, 1.165) is 12.8 Å². The molecule has 0 aromatic carbocycles. The van der Waals surface area contributed by atoms with Gasteiger partial charge in [-0.25, -0.2) is 0 Å². The van der Waals surface area contributed by atoms with Crippen LogP contribution in [0.5, 0.6) is 0 Å². The van der Waals surface area contributed by atoms with Crippen molar-refractivity contribution in [1.29, 1.82) is 0 Å². The van der Waals surface area contributed by atoms with Gasteiger partial charge in [-0.05, 0) is 26.7 Å². The maximum atomic E-state index is 5.66. The average molecular weight is 155 g/mol. The van der Waals surface area contributed by atoms with E-state index >= 15 is 0 Å². The summed E-state index contributed by atoms with van der Waals surface area (Å²) in [5.41, 5.74) is 0. The number of hydrogen-bond acceptors (Lipinski definition) is 0. The minimum atomic E-state index is 0.274. The fourth-order valence-electron chi connectivity index (χ4n) is 0.459. The summed E-state index contributed by atoms with van der Waals surface area (Å²) in [7, 11) is 0. The van der Waals surface area contributed by atoms with Crippen molar-refractivity contribution in [3.63, 3.8) is 0 Å². The van der Waals surface area contributed by atoms with Crippen LogP contribution in [0, 0.1) is 0 Å². The molecule has 2 atom stereocenters. The first-order chi connectivity index (χ1) is 3.63. The number of alkyl halides is 2. The highest BCUT2D eigenvalue weighted by Gasteiger charge is 1.99. The van der Waals surface area contributed by atoms with E-state index < -0.39 is 0 Å². The van der Waals surface area contributed by atoms with Crippen molar-refractivity contribution >= 4 is 23.2 Å². The van der Waals surface area contributed by atoms with Crippen LogP contribution in [-0.4, -0.2) is 10.8 Å². The summed E-state index contributed by atoms with van der Waals surface area (Å²) in [5, 5.41) is 0.549. The van der Waals surface area contributed by atoms with Gasteiger partial charge in [0, 0.05) is 10.8 Å². The summed E-state index contributed by atoms with van der Waals surface area (Å²) in [6.07, 6.45) is 2.04. The van der Waals surface area contributed by atoms with Gasteiger partial charge in [-0.2, -0.15) is 0 Å². The van der Waals surface area contributed by atoms with Gasteiger partial charge in [0.05, 0.1) is 0 Å². The summed E-state index contributed by atoms with van der Waals surface area (Å²) in [4.78, 5) is 0. The second-order valence-electron chi connectivity index (χ2n) is 2.14. The average Bonchev–Trinajstić information content (AvgIpc) is 1.61. The molecule has 0 amide bonds. The lowest BCUT2D eigenvalue weighted by Crippen LogP contribution is -1.96. The largest absolute Gasteiger partial charge is 0.123 e. The van der Waals surface area contributed by atoms with Crippen molar-refractivity contribution < 1.29 is 0 Å². The fraction of sp³-hybridized carbons (Fsp3) is 1.00. The van der Waals surface area contributed by atoms with Crippen molar-refractivity contribution in [1.82, 2.24) is 0 Å². The molecule has 0 aromatic rings. The molecule has 0 saturated carbocycles. The summed E-state index contributed by atoms with van der Waals surface area (Å²) in [5.74, 6) is 0. The molecule has 0 aliphatic carbocycles. The lowest BCUT2D eigenvalue weighted by molar-refractivity contribution is 0.714. The highest BCUT2D eigenvalue weighted by Crippen LogP contribution is 2.09. The molecule has 50 valence electrons. The van der Waals surface area contributed by atoms with Crippen LogP contribution in [0.25, 0.3) is 0 Å². The normalized spacial score (nSPS) is 18.0. The Kier molecular flexibility index (Phi) is 4.78. The Morgan fingerprint density at radius 1 is 1.00 bits per heavy atom. The van der Waals surface area contributed by atoms with E-state index in [1.807, 2.05) is 13.8 Å². The zero-order chi connectivity index (χ0) is 6.57. The second kappa shape index (κ2) is 4.46. The molecule has 0 aliphatic heterocycles. The highest BCUT2D eigenvalue weighted by atomic mass is 35.5. The van der Waals surface area contributed by atoms with Crippen LogP contribution < -0.4 is 0 Å². The van der Waals surface area contributed by atoms with Gasteiger partial charge < -0.3 is 0 Å². The van der Waals surface area contributed by atoms with Crippen molar-refractivity contribution in [3.8, 4) is 0 Å². The van der Waals surface area contributed by atoms with Gasteiger partial charge in [0.25, 0.3) is 0 Å². The van der Waals surface area contributed by atoms with E-state index in [4.69, 9.17) is 23.2 Å². The molecular formula is C6H12Cl2. The number of rotatable bonds is 3. The molecule has 0 unspecified atom stereocenters. The minimum Gasteiger partial charge on any atom is -0.123 e. The Balaban J connectivity index is 2.93. The van der Waals surface area contributed by atoms with Crippen molar-refractivity contribution in [2.24, 2.45) is 0 Å². The number of hydrogen-bond donors (Lipinski definition) is 0. The molecule has 0 bridgehead atoms. The van der Waals surface area contributed by atoms with Gasteiger partial charge >= 0.3 is 0 Å². The highest BCUT2D eigenvalue weighted by molar-refractivity contribution is 6.21. The molecule has 0 N–H and O–H groups in total. The van der Waals surface area contributed by atoms with Crippen LogP contribution in [0.3, 0.4) is 0 Å². The Morgan fingerprint density at radius 3 is 1.38 bits per heavy atom. The van der Waals surface area contributed by atoms with E-state index in [1.54, 1.807) is 0 Å². The van der Waals surface area contributed by atoms with Gasteiger partial charge in [0.1, 0.15) is 0 Å². The quantitative estimate of drug-likeness (QED) is 0.549. The zero-order valence-corrected chi connectivity index (χ0v) is 6.84. The molecule has 0 nitrogen and oxygen atoms in total. The van der Waals surface area contributed by atoms with Crippen LogP contribution in [-0.2, 0) is 0 Å². The summed E-state index contributed by atoms with van der Waals surface area (Å²) < 4.78 is 0. The molecule has 0 fully saturated rings. The predicted molar refractivity (Wildman–Crippen MR) is 39.9 cm³/mol. The van der Waals surface area contributed by atoms with E-state index in [-0.39, 0.29) is 10.8 Å². The fourth-order valence-corrected chi connectivity index (χ4v) is 0.711. The van der Waals surface area contributed by atoms with Crippen molar-refractivity contribution in [2.45, 2.75) is 37.4 Å². The predicted octanol–water partition coefficient (Wildman–Crippen LogP) is 3.02. The van der Waals surface area contributed by atoms with Crippen LogP contribution in [0.1, 0.15) is 26.7 Å². The molecule has 0 heterocycles. The maximum Gasteiger partial charge on any atom is 0.0308 e. The third kappa shape index (κ3) is 6.58. The third-order valence-electron chi connectivity index (χ3n) is 0.962. The number of halogens is 2. The minimum absolute atomic E-state index is 0.274. The topological polar surface area (TPSA) is 0 Å². The van der Waals surface area contributed by atoms with E-state index in [0.29, 0.717) is 0 Å². The summed E-state index contributed by atoms with van der Waals surface area (Å²) in [6.45, 7) is 3.97. The molecular weight excluding hydrogens is 143 g/mol. The molecule has 0 saturated heterocycles. The first-order valence-corrected chi connectivity index (χ1v) is 3.78. The second-order valence-corrected chi connectivity index (χ2v) is 3.63. The lowest BCUT2D eigenvalue weighted by Gasteiger charge is -2.02. The van der Waals surface area contributed by atoms with Crippen molar-refractivity contribution in [3.05, 3.63) is 0 Å². The van der Waals surface area contributed by atoms with Gasteiger partial charge in [-0.3, -0.25) is 0 Å². The van der Waals surface area contributed by atoms with Crippen LogP contribution in [0.4, 0.5) is 0 Å². The SMILES string of the molecule is C[C@H](Cl)CC[C@H](C)Cl. The smallest absolute Gasteiger partial charge is 0.0308 e. The maximum absolute atomic E-state index is 5.66. The van der Waals surface area contributed by atoms with E-state index in [1.165, 1.54) is 0 Å². The first-order valence-electron chi connectivity index (χ1n) is 2.91. The van der Waals surface area contributed by atoms with Crippen molar-refractivity contribution in [2.75, 3.05) is 0 Å².